The lowest BCUT2D eigenvalue weighted by atomic mass is 9.80. The van der Waals surface area contributed by atoms with Gasteiger partial charge in [0.2, 0.25) is 5.91 Å². The van der Waals surface area contributed by atoms with E-state index in [1.54, 1.807) is 0 Å². The number of carboxylic acid groups (broad SMARTS) is 1. The Morgan fingerprint density at radius 2 is 2.05 bits per heavy atom. The molecule has 1 fully saturated rings. The lowest BCUT2D eigenvalue weighted by Crippen LogP contribution is -2.47. The molecule has 1 aromatic carbocycles. The van der Waals surface area contributed by atoms with E-state index in [1.165, 1.54) is 22.9 Å². The normalized spacial score (nSPS) is 21.1. The molecule has 1 aliphatic carbocycles. The quantitative estimate of drug-likeness (QED) is 0.818. The number of hydrogen-bond donors (Lipinski definition) is 2. The van der Waals surface area contributed by atoms with E-state index in [1.807, 2.05) is 13.8 Å². The van der Waals surface area contributed by atoms with Crippen LogP contribution in [0.1, 0.15) is 24.0 Å². The summed E-state index contributed by atoms with van der Waals surface area (Å²) >= 11 is 1.52. The zero-order chi connectivity index (χ0) is 14.7. The minimum absolute atomic E-state index is 0.0234. The fourth-order valence-electron chi connectivity index (χ4n) is 2.21. The van der Waals surface area contributed by atoms with Crippen LogP contribution < -0.4 is 5.32 Å². The van der Waals surface area contributed by atoms with Crippen molar-refractivity contribution in [3.63, 3.8) is 0 Å². The maximum atomic E-state index is 11.8. The average molecular weight is 293 g/mol. The van der Waals surface area contributed by atoms with Gasteiger partial charge in [-0.3, -0.25) is 9.59 Å². The molecule has 2 rings (SSSR count). The molecule has 0 aliphatic heterocycles. The van der Waals surface area contributed by atoms with Gasteiger partial charge in [-0.1, -0.05) is 17.7 Å². The molecule has 0 unspecified atom stereocenters. The lowest BCUT2D eigenvalue weighted by Gasteiger charge is -2.32. The minimum atomic E-state index is -0.764. The van der Waals surface area contributed by atoms with Gasteiger partial charge in [-0.05, 0) is 38.3 Å². The highest BCUT2D eigenvalue weighted by atomic mass is 32.2. The summed E-state index contributed by atoms with van der Waals surface area (Å²) in [7, 11) is 0. The third-order valence-corrected chi connectivity index (χ3v) is 4.71. The number of aryl methyl sites for hydroxylation is 2. The summed E-state index contributed by atoms with van der Waals surface area (Å²) < 4.78 is 0. The average Bonchev–Trinajstić information content (AvgIpc) is 2.34. The number of aliphatic carboxylic acids is 1. The summed E-state index contributed by atoms with van der Waals surface area (Å²) in [5.74, 6) is -0.699. The number of thioether (sulfide) groups is 1. The standard InChI is InChI=1S/C15H19NO3S/c1-9-3-4-10(2)13(5-9)20-8-14(17)16-12-6-11(7-12)15(18)19/h3-5,11-12H,6-8H2,1-2H3,(H,16,17)(H,18,19). The van der Waals surface area contributed by atoms with Crippen molar-refractivity contribution in [2.45, 2.75) is 37.6 Å². The molecule has 0 radical (unpaired) electrons. The van der Waals surface area contributed by atoms with Crippen molar-refractivity contribution in [1.29, 1.82) is 0 Å². The van der Waals surface area contributed by atoms with Gasteiger partial charge in [0, 0.05) is 10.9 Å². The summed E-state index contributed by atoms with van der Waals surface area (Å²) in [5, 5.41) is 11.7. The first-order valence-electron chi connectivity index (χ1n) is 6.68. The molecule has 1 aliphatic rings. The lowest BCUT2D eigenvalue weighted by molar-refractivity contribution is -0.146. The summed E-state index contributed by atoms with van der Waals surface area (Å²) in [6.45, 7) is 4.06. The first kappa shape index (κ1) is 14.9. The van der Waals surface area contributed by atoms with Crippen molar-refractivity contribution < 1.29 is 14.7 Å². The summed E-state index contributed by atoms with van der Waals surface area (Å²) in [6.07, 6.45) is 1.10. The Bertz CT molecular complexity index is 524. The van der Waals surface area contributed by atoms with Gasteiger partial charge in [0.05, 0.1) is 11.7 Å². The summed E-state index contributed by atoms with van der Waals surface area (Å²) in [5.41, 5.74) is 2.35. The molecule has 1 aromatic rings. The number of carbonyl (C=O) groups excluding carboxylic acids is 1. The highest BCUT2D eigenvalue weighted by molar-refractivity contribution is 8.00. The molecular formula is C15H19NO3S. The fraction of sp³-hybridized carbons (Fsp3) is 0.467. The zero-order valence-electron chi connectivity index (χ0n) is 11.7. The van der Waals surface area contributed by atoms with Crippen LogP contribution in [-0.4, -0.2) is 28.8 Å². The number of carbonyl (C=O) groups is 2. The second-order valence-electron chi connectivity index (χ2n) is 5.33. The van der Waals surface area contributed by atoms with E-state index in [0.717, 1.165) is 4.90 Å². The third-order valence-electron chi connectivity index (χ3n) is 3.55. The van der Waals surface area contributed by atoms with Crippen LogP contribution in [0.2, 0.25) is 0 Å². The first-order chi connectivity index (χ1) is 9.45. The van der Waals surface area contributed by atoms with E-state index >= 15 is 0 Å². The number of benzene rings is 1. The van der Waals surface area contributed by atoms with E-state index in [9.17, 15) is 9.59 Å². The van der Waals surface area contributed by atoms with Gasteiger partial charge >= 0.3 is 5.97 Å². The Morgan fingerprint density at radius 3 is 2.70 bits per heavy atom. The highest BCUT2D eigenvalue weighted by Gasteiger charge is 2.35. The van der Waals surface area contributed by atoms with Gasteiger partial charge in [0.1, 0.15) is 0 Å². The van der Waals surface area contributed by atoms with E-state index in [0.29, 0.717) is 18.6 Å². The monoisotopic (exact) mass is 293 g/mol. The van der Waals surface area contributed by atoms with Crippen LogP contribution in [0.3, 0.4) is 0 Å². The fourth-order valence-corrected chi connectivity index (χ4v) is 3.15. The van der Waals surface area contributed by atoms with Crippen LogP contribution in [0, 0.1) is 19.8 Å². The summed E-state index contributed by atoms with van der Waals surface area (Å²) in [4.78, 5) is 23.6. The van der Waals surface area contributed by atoms with Crippen molar-refractivity contribution in [1.82, 2.24) is 5.32 Å². The first-order valence-corrected chi connectivity index (χ1v) is 7.66. The van der Waals surface area contributed by atoms with Crippen LogP contribution in [0.15, 0.2) is 23.1 Å². The molecular weight excluding hydrogens is 274 g/mol. The molecule has 0 atom stereocenters. The number of carboxylic acids is 1. The zero-order valence-corrected chi connectivity index (χ0v) is 12.5. The van der Waals surface area contributed by atoms with Gasteiger partial charge in [-0.25, -0.2) is 0 Å². The number of hydrogen-bond acceptors (Lipinski definition) is 3. The van der Waals surface area contributed by atoms with Crippen LogP contribution in [-0.2, 0) is 9.59 Å². The molecule has 0 heterocycles. The molecule has 108 valence electrons. The molecule has 0 saturated heterocycles. The van der Waals surface area contributed by atoms with Crippen molar-refractivity contribution in [2.24, 2.45) is 5.92 Å². The van der Waals surface area contributed by atoms with E-state index in [2.05, 4.69) is 23.5 Å². The van der Waals surface area contributed by atoms with Crippen molar-refractivity contribution >= 4 is 23.6 Å². The van der Waals surface area contributed by atoms with E-state index < -0.39 is 5.97 Å². The summed E-state index contributed by atoms with van der Waals surface area (Å²) in [6, 6.07) is 6.22. The van der Waals surface area contributed by atoms with Gasteiger partial charge in [-0.15, -0.1) is 11.8 Å². The topological polar surface area (TPSA) is 66.4 Å². The van der Waals surface area contributed by atoms with E-state index in [-0.39, 0.29) is 17.9 Å². The van der Waals surface area contributed by atoms with Crippen LogP contribution in [0.25, 0.3) is 0 Å². The number of nitrogens with one attached hydrogen (secondary N) is 1. The molecule has 1 saturated carbocycles. The third kappa shape index (κ3) is 3.76. The maximum absolute atomic E-state index is 11.8. The Hall–Kier alpha value is -1.49. The van der Waals surface area contributed by atoms with Crippen LogP contribution in [0.5, 0.6) is 0 Å². The van der Waals surface area contributed by atoms with Gasteiger partial charge in [-0.2, -0.15) is 0 Å². The molecule has 2 N–H and O–H groups in total. The van der Waals surface area contributed by atoms with Gasteiger partial charge in [0.15, 0.2) is 0 Å². The largest absolute Gasteiger partial charge is 0.481 e. The molecule has 4 nitrogen and oxygen atoms in total. The Labute approximate surface area is 123 Å². The highest BCUT2D eigenvalue weighted by Crippen LogP contribution is 2.28. The number of amides is 1. The van der Waals surface area contributed by atoms with Crippen LogP contribution in [0.4, 0.5) is 0 Å². The second-order valence-corrected chi connectivity index (χ2v) is 6.35. The maximum Gasteiger partial charge on any atom is 0.306 e. The van der Waals surface area contributed by atoms with Crippen molar-refractivity contribution in [2.75, 3.05) is 5.75 Å². The predicted octanol–water partition coefficient (Wildman–Crippen LogP) is 2.37. The minimum Gasteiger partial charge on any atom is -0.481 e. The Kier molecular flexibility index (Phi) is 4.70. The van der Waals surface area contributed by atoms with Gasteiger partial charge in [0.25, 0.3) is 0 Å². The predicted molar refractivity (Wildman–Crippen MR) is 78.9 cm³/mol. The van der Waals surface area contributed by atoms with Gasteiger partial charge < -0.3 is 10.4 Å². The van der Waals surface area contributed by atoms with E-state index in [4.69, 9.17) is 5.11 Å². The molecule has 1 amide bonds. The molecule has 0 aromatic heterocycles. The Balaban J connectivity index is 1.76. The molecule has 5 heteroatoms. The van der Waals surface area contributed by atoms with Crippen LogP contribution >= 0.6 is 11.8 Å². The SMILES string of the molecule is Cc1ccc(C)c(SCC(=O)NC2CC(C(=O)O)C2)c1. The second kappa shape index (κ2) is 6.31. The molecule has 0 spiro atoms. The smallest absolute Gasteiger partial charge is 0.306 e. The number of rotatable bonds is 5. The van der Waals surface area contributed by atoms with Crippen molar-refractivity contribution in [3.05, 3.63) is 29.3 Å². The van der Waals surface area contributed by atoms with Crippen molar-refractivity contribution in [3.8, 4) is 0 Å². The Morgan fingerprint density at radius 1 is 1.35 bits per heavy atom. The molecule has 20 heavy (non-hydrogen) atoms. The molecule has 0 bridgehead atoms.